The van der Waals surface area contributed by atoms with Gasteiger partial charge in [-0.25, -0.2) is 0 Å². The zero-order valence-corrected chi connectivity index (χ0v) is 10.8. The number of aromatic nitrogens is 1. The highest BCUT2D eigenvalue weighted by Crippen LogP contribution is 2.17. The molecule has 0 aliphatic carbocycles. The van der Waals surface area contributed by atoms with Crippen molar-refractivity contribution in [1.29, 1.82) is 0 Å². The summed E-state index contributed by atoms with van der Waals surface area (Å²) in [6, 6.07) is 1.54. The second-order valence-electron chi connectivity index (χ2n) is 4.22. The quantitative estimate of drug-likeness (QED) is 0.824. The molecule has 1 N–H and O–H groups in total. The Balaban J connectivity index is 1.98. The molecule has 18 heavy (non-hydrogen) atoms. The molecule has 1 aliphatic heterocycles. The third-order valence-corrected chi connectivity index (χ3v) is 3.26. The summed E-state index contributed by atoms with van der Waals surface area (Å²) in [5, 5.41) is 9.61. The van der Waals surface area contributed by atoms with Crippen molar-refractivity contribution in [1.82, 2.24) is 14.8 Å². The van der Waals surface area contributed by atoms with Crippen molar-refractivity contribution in [3.05, 3.63) is 24.0 Å². The molecule has 1 fully saturated rings. The lowest BCUT2D eigenvalue weighted by molar-refractivity contribution is 0.0641. The fraction of sp³-hybridized carbons (Fsp3) is 0.500. The van der Waals surface area contributed by atoms with Crippen LogP contribution in [0.3, 0.4) is 0 Å². The normalized spacial score (nSPS) is 16.8. The van der Waals surface area contributed by atoms with Crippen LogP contribution >= 0.6 is 11.6 Å². The molecule has 0 aromatic carbocycles. The number of pyridine rings is 1. The van der Waals surface area contributed by atoms with Crippen LogP contribution in [-0.2, 0) is 0 Å². The van der Waals surface area contributed by atoms with Gasteiger partial charge in [-0.15, -0.1) is 11.6 Å². The maximum absolute atomic E-state index is 12.2. The van der Waals surface area contributed by atoms with Crippen LogP contribution in [0.5, 0.6) is 5.75 Å². The highest BCUT2D eigenvalue weighted by molar-refractivity contribution is 6.18. The van der Waals surface area contributed by atoms with Gasteiger partial charge in [-0.3, -0.25) is 14.7 Å². The fourth-order valence-electron chi connectivity index (χ4n) is 2.03. The minimum atomic E-state index is -0.138. The van der Waals surface area contributed by atoms with Gasteiger partial charge < -0.3 is 10.0 Å². The Bertz CT molecular complexity index is 420. The molecule has 1 amide bonds. The summed E-state index contributed by atoms with van der Waals surface area (Å²) in [5.74, 6) is 0.408. The number of alkyl halides is 1. The molecule has 0 bridgehead atoms. The average molecular weight is 270 g/mol. The van der Waals surface area contributed by atoms with Gasteiger partial charge in [0.15, 0.2) is 0 Å². The van der Waals surface area contributed by atoms with Crippen molar-refractivity contribution in [2.75, 3.05) is 38.6 Å². The first-order valence-corrected chi connectivity index (χ1v) is 6.46. The monoisotopic (exact) mass is 269 g/mol. The Hall–Kier alpha value is -1.33. The highest BCUT2D eigenvalue weighted by atomic mass is 35.5. The predicted molar refractivity (Wildman–Crippen MR) is 69.0 cm³/mol. The Morgan fingerprint density at radius 1 is 1.39 bits per heavy atom. The summed E-state index contributed by atoms with van der Waals surface area (Å²) in [6.07, 6.45) is 2.80. The van der Waals surface area contributed by atoms with Gasteiger partial charge in [0.1, 0.15) is 5.75 Å². The van der Waals surface area contributed by atoms with E-state index in [0.717, 1.165) is 19.6 Å². The SMILES string of the molecule is O=C(c1ccncc1O)N1CCN(CCCl)CC1. The Labute approximate surface area is 111 Å². The van der Waals surface area contributed by atoms with Gasteiger partial charge in [-0.1, -0.05) is 0 Å². The van der Waals surface area contributed by atoms with Crippen LogP contribution in [0.15, 0.2) is 18.5 Å². The average Bonchev–Trinajstić information content (AvgIpc) is 2.40. The molecular formula is C12H16ClN3O2. The summed E-state index contributed by atoms with van der Waals surface area (Å²) < 4.78 is 0. The lowest BCUT2D eigenvalue weighted by Gasteiger charge is -2.34. The van der Waals surface area contributed by atoms with Crippen molar-refractivity contribution in [2.24, 2.45) is 0 Å². The van der Waals surface area contributed by atoms with E-state index in [1.54, 1.807) is 11.0 Å². The summed E-state index contributed by atoms with van der Waals surface area (Å²) in [6.45, 7) is 3.83. The maximum Gasteiger partial charge on any atom is 0.257 e. The second-order valence-corrected chi connectivity index (χ2v) is 4.59. The Morgan fingerprint density at radius 2 is 2.11 bits per heavy atom. The van der Waals surface area contributed by atoms with Crippen LogP contribution in [0.2, 0.25) is 0 Å². The van der Waals surface area contributed by atoms with Crippen LogP contribution in [0.4, 0.5) is 0 Å². The number of carbonyl (C=O) groups is 1. The van der Waals surface area contributed by atoms with E-state index in [4.69, 9.17) is 11.6 Å². The number of nitrogens with zero attached hydrogens (tertiary/aromatic N) is 3. The number of rotatable bonds is 3. The molecule has 0 atom stereocenters. The second kappa shape index (κ2) is 6.02. The molecule has 2 rings (SSSR count). The van der Waals surface area contributed by atoms with Crippen molar-refractivity contribution in [2.45, 2.75) is 0 Å². The number of amides is 1. The van der Waals surface area contributed by atoms with Gasteiger partial charge in [0.25, 0.3) is 5.91 Å². The minimum Gasteiger partial charge on any atom is -0.505 e. The molecule has 0 spiro atoms. The van der Waals surface area contributed by atoms with Gasteiger partial charge in [0.2, 0.25) is 0 Å². The lowest BCUT2D eigenvalue weighted by atomic mass is 10.2. The Kier molecular flexibility index (Phi) is 4.38. The van der Waals surface area contributed by atoms with Crippen LogP contribution in [0.1, 0.15) is 10.4 Å². The fourth-order valence-corrected chi connectivity index (χ4v) is 2.27. The van der Waals surface area contributed by atoms with E-state index in [2.05, 4.69) is 9.88 Å². The van der Waals surface area contributed by atoms with E-state index in [1.807, 2.05) is 0 Å². The lowest BCUT2D eigenvalue weighted by Crippen LogP contribution is -2.49. The summed E-state index contributed by atoms with van der Waals surface area (Å²) in [4.78, 5) is 19.9. The molecule has 1 aromatic rings. The van der Waals surface area contributed by atoms with Crippen LogP contribution in [-0.4, -0.2) is 64.4 Å². The van der Waals surface area contributed by atoms with E-state index in [0.29, 0.717) is 24.5 Å². The smallest absolute Gasteiger partial charge is 0.257 e. The number of halogens is 1. The van der Waals surface area contributed by atoms with Gasteiger partial charge >= 0.3 is 0 Å². The van der Waals surface area contributed by atoms with E-state index < -0.39 is 0 Å². The van der Waals surface area contributed by atoms with Gasteiger partial charge in [0.05, 0.1) is 11.8 Å². The predicted octanol–water partition coefficient (Wildman–Crippen LogP) is 0.784. The van der Waals surface area contributed by atoms with Crippen molar-refractivity contribution >= 4 is 17.5 Å². The molecule has 0 saturated carbocycles. The van der Waals surface area contributed by atoms with E-state index >= 15 is 0 Å². The van der Waals surface area contributed by atoms with Crippen LogP contribution < -0.4 is 0 Å². The molecule has 1 aliphatic rings. The van der Waals surface area contributed by atoms with Crippen molar-refractivity contribution in [3.8, 4) is 5.75 Å². The molecule has 98 valence electrons. The Morgan fingerprint density at radius 3 is 2.72 bits per heavy atom. The highest BCUT2D eigenvalue weighted by Gasteiger charge is 2.23. The number of aromatic hydroxyl groups is 1. The summed E-state index contributed by atoms with van der Waals surface area (Å²) in [7, 11) is 0. The third kappa shape index (κ3) is 2.91. The molecular weight excluding hydrogens is 254 g/mol. The topological polar surface area (TPSA) is 56.7 Å². The van der Waals surface area contributed by atoms with Crippen molar-refractivity contribution in [3.63, 3.8) is 0 Å². The number of carbonyl (C=O) groups excluding carboxylic acids is 1. The third-order valence-electron chi connectivity index (χ3n) is 3.09. The summed E-state index contributed by atoms with van der Waals surface area (Å²) >= 11 is 5.69. The molecule has 5 nitrogen and oxygen atoms in total. The first-order chi connectivity index (χ1) is 8.72. The summed E-state index contributed by atoms with van der Waals surface area (Å²) in [5.41, 5.74) is 0.316. The van der Waals surface area contributed by atoms with Crippen LogP contribution in [0, 0.1) is 0 Å². The molecule has 6 heteroatoms. The zero-order chi connectivity index (χ0) is 13.0. The standard InChI is InChI=1S/C12H16ClN3O2/c13-2-4-15-5-7-16(8-6-15)12(18)10-1-3-14-9-11(10)17/h1,3,9,17H,2,4-8H2. The van der Waals surface area contributed by atoms with E-state index in [1.165, 1.54) is 12.4 Å². The van der Waals surface area contributed by atoms with E-state index in [9.17, 15) is 9.90 Å². The number of hydrogen-bond donors (Lipinski definition) is 1. The number of hydrogen-bond acceptors (Lipinski definition) is 4. The van der Waals surface area contributed by atoms with Gasteiger partial charge in [-0.2, -0.15) is 0 Å². The zero-order valence-electron chi connectivity index (χ0n) is 10.0. The molecule has 2 heterocycles. The maximum atomic E-state index is 12.2. The van der Waals surface area contributed by atoms with Gasteiger partial charge in [0, 0.05) is 44.8 Å². The first-order valence-electron chi connectivity index (χ1n) is 5.93. The molecule has 0 unspecified atom stereocenters. The van der Waals surface area contributed by atoms with E-state index in [-0.39, 0.29) is 11.7 Å². The largest absolute Gasteiger partial charge is 0.505 e. The van der Waals surface area contributed by atoms with Crippen molar-refractivity contribution < 1.29 is 9.90 Å². The molecule has 1 aromatic heterocycles. The van der Waals surface area contributed by atoms with Gasteiger partial charge in [-0.05, 0) is 6.07 Å². The minimum absolute atomic E-state index is 0.0642. The first kappa shape index (κ1) is 13.1. The molecule has 1 saturated heterocycles. The number of piperazine rings is 1. The van der Waals surface area contributed by atoms with Crippen LogP contribution in [0.25, 0.3) is 0 Å². The molecule has 0 radical (unpaired) electrons.